The van der Waals surface area contributed by atoms with Crippen LogP contribution in [0.3, 0.4) is 0 Å². The molecule has 1 aliphatic carbocycles. The Labute approximate surface area is 115 Å². The summed E-state index contributed by atoms with van der Waals surface area (Å²) < 4.78 is 0. The highest BCUT2D eigenvalue weighted by Crippen LogP contribution is 2.27. The van der Waals surface area contributed by atoms with Crippen molar-refractivity contribution in [3.05, 3.63) is 24.3 Å². The molecular weight excluding hydrogens is 236 g/mol. The van der Waals surface area contributed by atoms with Crippen LogP contribution in [-0.2, 0) is 4.79 Å². The van der Waals surface area contributed by atoms with Gasteiger partial charge in [0, 0.05) is 23.8 Å². The van der Waals surface area contributed by atoms with E-state index in [2.05, 4.69) is 23.6 Å². The van der Waals surface area contributed by atoms with Crippen molar-refractivity contribution in [2.45, 2.75) is 52.0 Å². The molecule has 104 valence electrons. The van der Waals surface area contributed by atoms with Gasteiger partial charge in [0.15, 0.2) is 0 Å². The summed E-state index contributed by atoms with van der Waals surface area (Å²) in [6, 6.07) is 8.58. The molecule has 1 amide bonds. The highest BCUT2D eigenvalue weighted by atomic mass is 16.1. The molecule has 1 saturated carbocycles. The largest absolute Gasteiger partial charge is 0.382 e. The van der Waals surface area contributed by atoms with Gasteiger partial charge in [0.1, 0.15) is 0 Å². The van der Waals surface area contributed by atoms with E-state index in [-0.39, 0.29) is 5.91 Å². The third kappa shape index (κ3) is 4.27. The zero-order valence-electron chi connectivity index (χ0n) is 11.9. The number of benzene rings is 1. The zero-order valence-corrected chi connectivity index (χ0v) is 11.9. The molecule has 0 aromatic heterocycles. The number of rotatable bonds is 4. The normalized spacial score (nSPS) is 22.8. The molecule has 0 spiro atoms. The number of hydrogen-bond donors (Lipinski definition) is 2. The lowest BCUT2D eigenvalue weighted by molar-refractivity contribution is -0.115. The van der Waals surface area contributed by atoms with Crippen LogP contribution in [0.1, 0.15) is 46.0 Å². The van der Waals surface area contributed by atoms with Crippen LogP contribution >= 0.6 is 0 Å². The SMILES string of the molecule is CCC(=O)Nc1cccc(NC2CCCC(C)C2)c1. The van der Waals surface area contributed by atoms with E-state index in [9.17, 15) is 4.79 Å². The second-order valence-corrected chi connectivity index (χ2v) is 5.60. The Bertz CT molecular complexity index is 431. The molecule has 1 fully saturated rings. The summed E-state index contributed by atoms with van der Waals surface area (Å²) in [6.07, 6.45) is 5.66. The molecule has 1 aliphatic rings. The van der Waals surface area contributed by atoms with Crippen molar-refractivity contribution in [1.82, 2.24) is 0 Å². The average Bonchev–Trinajstić information content (AvgIpc) is 2.39. The second kappa shape index (κ2) is 6.60. The Morgan fingerprint density at radius 2 is 2.11 bits per heavy atom. The molecular formula is C16H24N2O. The van der Waals surface area contributed by atoms with Crippen LogP contribution in [0.5, 0.6) is 0 Å². The van der Waals surface area contributed by atoms with Gasteiger partial charge in [-0.2, -0.15) is 0 Å². The summed E-state index contributed by atoms with van der Waals surface area (Å²) >= 11 is 0. The predicted molar refractivity (Wildman–Crippen MR) is 80.4 cm³/mol. The first-order valence-corrected chi connectivity index (χ1v) is 7.34. The van der Waals surface area contributed by atoms with Crippen molar-refractivity contribution in [3.63, 3.8) is 0 Å². The highest BCUT2D eigenvalue weighted by Gasteiger charge is 2.18. The molecule has 1 aromatic carbocycles. The summed E-state index contributed by atoms with van der Waals surface area (Å²) in [7, 11) is 0. The van der Waals surface area contributed by atoms with Crippen molar-refractivity contribution in [3.8, 4) is 0 Å². The number of hydrogen-bond acceptors (Lipinski definition) is 2. The fourth-order valence-corrected chi connectivity index (χ4v) is 2.74. The summed E-state index contributed by atoms with van der Waals surface area (Å²) in [5.74, 6) is 0.873. The Morgan fingerprint density at radius 1 is 1.32 bits per heavy atom. The predicted octanol–water partition coefficient (Wildman–Crippen LogP) is 4.03. The fraction of sp³-hybridized carbons (Fsp3) is 0.562. The van der Waals surface area contributed by atoms with Crippen LogP contribution < -0.4 is 10.6 Å². The van der Waals surface area contributed by atoms with Crippen LogP contribution in [0.15, 0.2) is 24.3 Å². The van der Waals surface area contributed by atoms with E-state index < -0.39 is 0 Å². The Balaban J connectivity index is 1.96. The molecule has 0 heterocycles. The first kappa shape index (κ1) is 13.9. The van der Waals surface area contributed by atoms with Crippen LogP contribution in [0.4, 0.5) is 11.4 Å². The van der Waals surface area contributed by atoms with Crippen LogP contribution in [-0.4, -0.2) is 11.9 Å². The lowest BCUT2D eigenvalue weighted by Crippen LogP contribution is -2.26. The first-order valence-electron chi connectivity index (χ1n) is 7.34. The second-order valence-electron chi connectivity index (χ2n) is 5.60. The summed E-state index contributed by atoms with van der Waals surface area (Å²) in [5.41, 5.74) is 1.98. The Morgan fingerprint density at radius 3 is 2.84 bits per heavy atom. The summed E-state index contributed by atoms with van der Waals surface area (Å²) in [5, 5.41) is 6.49. The van der Waals surface area contributed by atoms with Gasteiger partial charge in [-0.25, -0.2) is 0 Å². The van der Waals surface area contributed by atoms with Crippen LogP contribution in [0.2, 0.25) is 0 Å². The van der Waals surface area contributed by atoms with Crippen LogP contribution in [0, 0.1) is 5.92 Å². The lowest BCUT2D eigenvalue weighted by Gasteiger charge is -2.28. The van der Waals surface area contributed by atoms with Crippen molar-refractivity contribution < 1.29 is 4.79 Å². The smallest absolute Gasteiger partial charge is 0.224 e. The van der Waals surface area contributed by atoms with Gasteiger partial charge in [0.25, 0.3) is 0 Å². The molecule has 3 heteroatoms. The maximum Gasteiger partial charge on any atom is 0.224 e. The minimum Gasteiger partial charge on any atom is -0.382 e. The fourth-order valence-electron chi connectivity index (χ4n) is 2.74. The molecule has 2 rings (SSSR count). The minimum absolute atomic E-state index is 0.0587. The number of carbonyl (C=O) groups excluding carboxylic acids is 1. The van der Waals surface area contributed by atoms with Crippen molar-refractivity contribution in [2.24, 2.45) is 5.92 Å². The standard InChI is InChI=1S/C16H24N2O/c1-3-16(19)18-15-9-5-8-14(11-15)17-13-7-4-6-12(2)10-13/h5,8-9,11-13,17H,3-4,6-7,10H2,1-2H3,(H,18,19). The molecule has 3 nitrogen and oxygen atoms in total. The molecule has 2 atom stereocenters. The molecule has 1 aromatic rings. The number of carbonyl (C=O) groups is 1. The lowest BCUT2D eigenvalue weighted by atomic mass is 9.87. The quantitative estimate of drug-likeness (QED) is 0.858. The van der Waals surface area contributed by atoms with E-state index in [0.29, 0.717) is 12.5 Å². The van der Waals surface area contributed by atoms with Gasteiger partial charge in [0.2, 0.25) is 5.91 Å². The molecule has 0 bridgehead atoms. The molecule has 2 unspecified atom stereocenters. The van der Waals surface area contributed by atoms with E-state index in [1.165, 1.54) is 25.7 Å². The Kier molecular flexibility index (Phi) is 4.83. The topological polar surface area (TPSA) is 41.1 Å². The summed E-state index contributed by atoms with van der Waals surface area (Å²) in [4.78, 5) is 11.4. The molecule has 0 saturated heterocycles. The molecule has 19 heavy (non-hydrogen) atoms. The molecule has 2 N–H and O–H groups in total. The van der Waals surface area contributed by atoms with Crippen molar-refractivity contribution >= 4 is 17.3 Å². The van der Waals surface area contributed by atoms with E-state index in [0.717, 1.165) is 17.3 Å². The van der Waals surface area contributed by atoms with Crippen molar-refractivity contribution in [1.29, 1.82) is 0 Å². The first-order chi connectivity index (χ1) is 9.17. The van der Waals surface area contributed by atoms with E-state index in [1.807, 2.05) is 25.1 Å². The van der Waals surface area contributed by atoms with Gasteiger partial charge in [-0.05, 0) is 37.0 Å². The number of nitrogens with one attached hydrogen (secondary N) is 2. The van der Waals surface area contributed by atoms with Gasteiger partial charge < -0.3 is 10.6 Å². The Hall–Kier alpha value is -1.51. The number of anilines is 2. The third-order valence-electron chi connectivity index (χ3n) is 3.77. The molecule has 0 radical (unpaired) electrons. The monoisotopic (exact) mass is 260 g/mol. The van der Waals surface area contributed by atoms with E-state index in [4.69, 9.17) is 0 Å². The third-order valence-corrected chi connectivity index (χ3v) is 3.77. The zero-order chi connectivity index (χ0) is 13.7. The maximum atomic E-state index is 11.4. The summed E-state index contributed by atoms with van der Waals surface area (Å²) in [6.45, 7) is 4.19. The average molecular weight is 260 g/mol. The minimum atomic E-state index is 0.0587. The van der Waals surface area contributed by atoms with Gasteiger partial charge in [0.05, 0.1) is 0 Å². The van der Waals surface area contributed by atoms with Gasteiger partial charge >= 0.3 is 0 Å². The van der Waals surface area contributed by atoms with Gasteiger partial charge in [-0.3, -0.25) is 4.79 Å². The van der Waals surface area contributed by atoms with E-state index >= 15 is 0 Å². The highest BCUT2D eigenvalue weighted by molar-refractivity contribution is 5.90. The maximum absolute atomic E-state index is 11.4. The van der Waals surface area contributed by atoms with Gasteiger partial charge in [-0.1, -0.05) is 32.8 Å². The van der Waals surface area contributed by atoms with Crippen LogP contribution in [0.25, 0.3) is 0 Å². The van der Waals surface area contributed by atoms with Gasteiger partial charge in [-0.15, -0.1) is 0 Å². The van der Waals surface area contributed by atoms with Crippen molar-refractivity contribution in [2.75, 3.05) is 10.6 Å². The number of amides is 1. The van der Waals surface area contributed by atoms with E-state index in [1.54, 1.807) is 0 Å². The molecule has 0 aliphatic heterocycles.